The van der Waals surface area contributed by atoms with Crippen LogP contribution in [0.1, 0.15) is 16.2 Å². The normalized spacial score (nSPS) is 10.3. The first-order chi connectivity index (χ1) is 8.58. The molecule has 94 valence electrons. The fraction of sp³-hybridized carbons (Fsp3) is 0.167. The average Bonchev–Trinajstić information content (AvgIpc) is 2.84. The average molecular weight is 266 g/mol. The minimum atomic E-state index is -0.187. The molecule has 2 aromatic rings. The molecule has 18 heavy (non-hydrogen) atoms. The third-order valence-electron chi connectivity index (χ3n) is 2.48. The van der Waals surface area contributed by atoms with Crippen LogP contribution in [0, 0.1) is 0 Å². The highest BCUT2D eigenvalue weighted by atomic mass is 35.5. The van der Waals surface area contributed by atoms with Crippen LogP contribution in [0.5, 0.6) is 5.75 Å². The van der Waals surface area contributed by atoms with Crippen molar-refractivity contribution in [2.75, 3.05) is 7.05 Å². The van der Waals surface area contributed by atoms with Crippen molar-refractivity contribution in [2.45, 2.75) is 6.54 Å². The zero-order chi connectivity index (χ0) is 13.1. The molecule has 0 bridgehead atoms. The van der Waals surface area contributed by atoms with E-state index in [2.05, 4.69) is 9.97 Å². The summed E-state index contributed by atoms with van der Waals surface area (Å²) < 4.78 is 0. The fourth-order valence-electron chi connectivity index (χ4n) is 1.54. The van der Waals surface area contributed by atoms with E-state index in [1.54, 1.807) is 19.4 Å². The van der Waals surface area contributed by atoms with Gasteiger partial charge < -0.3 is 15.0 Å². The number of nitrogens with one attached hydrogen (secondary N) is 1. The first-order valence-corrected chi connectivity index (χ1v) is 5.68. The molecule has 1 amide bonds. The molecule has 1 aromatic carbocycles. The van der Waals surface area contributed by atoms with Gasteiger partial charge in [0.2, 0.25) is 0 Å². The molecule has 0 atom stereocenters. The third kappa shape index (κ3) is 2.62. The smallest absolute Gasteiger partial charge is 0.254 e. The number of hydrogen-bond acceptors (Lipinski definition) is 3. The lowest BCUT2D eigenvalue weighted by atomic mass is 10.2. The van der Waals surface area contributed by atoms with Gasteiger partial charge >= 0.3 is 0 Å². The molecule has 0 aliphatic heterocycles. The maximum atomic E-state index is 12.1. The molecule has 0 saturated heterocycles. The Morgan fingerprint density at radius 3 is 2.94 bits per heavy atom. The largest absolute Gasteiger partial charge is 0.506 e. The number of phenolic OH excluding ortho intramolecular Hbond substituents is 1. The van der Waals surface area contributed by atoms with Gasteiger partial charge in [-0.25, -0.2) is 4.98 Å². The number of hydrogen-bond donors (Lipinski definition) is 2. The highest BCUT2D eigenvalue weighted by Crippen LogP contribution is 2.24. The van der Waals surface area contributed by atoms with E-state index in [1.165, 1.54) is 23.1 Å². The van der Waals surface area contributed by atoms with Crippen molar-refractivity contribution in [3.8, 4) is 5.75 Å². The van der Waals surface area contributed by atoms with Crippen LogP contribution in [0.2, 0.25) is 5.02 Å². The van der Waals surface area contributed by atoms with E-state index in [-0.39, 0.29) is 16.7 Å². The van der Waals surface area contributed by atoms with E-state index in [9.17, 15) is 9.90 Å². The van der Waals surface area contributed by atoms with Gasteiger partial charge in [0.15, 0.2) is 0 Å². The number of halogens is 1. The lowest BCUT2D eigenvalue weighted by molar-refractivity contribution is 0.0782. The Kier molecular flexibility index (Phi) is 3.53. The molecule has 0 saturated carbocycles. The van der Waals surface area contributed by atoms with Gasteiger partial charge in [0, 0.05) is 25.0 Å². The van der Waals surface area contributed by atoms with Crippen LogP contribution < -0.4 is 0 Å². The van der Waals surface area contributed by atoms with Crippen molar-refractivity contribution in [1.82, 2.24) is 14.9 Å². The zero-order valence-electron chi connectivity index (χ0n) is 9.72. The van der Waals surface area contributed by atoms with Crippen LogP contribution in [-0.2, 0) is 6.54 Å². The van der Waals surface area contributed by atoms with Gasteiger partial charge in [0.05, 0.1) is 11.6 Å². The predicted molar refractivity (Wildman–Crippen MR) is 67.5 cm³/mol. The number of phenols is 1. The molecular formula is C12H12ClN3O2. The topological polar surface area (TPSA) is 69.2 Å². The molecule has 2 N–H and O–H groups in total. The Morgan fingerprint density at radius 2 is 2.33 bits per heavy atom. The van der Waals surface area contributed by atoms with Crippen LogP contribution in [-0.4, -0.2) is 32.9 Å². The van der Waals surface area contributed by atoms with Crippen molar-refractivity contribution in [1.29, 1.82) is 0 Å². The Hall–Kier alpha value is -2.01. The number of H-pyrrole nitrogens is 1. The summed E-state index contributed by atoms with van der Waals surface area (Å²) in [5.74, 6) is 0.478. The van der Waals surface area contributed by atoms with E-state index in [0.29, 0.717) is 17.9 Å². The molecule has 0 radical (unpaired) electrons. The molecule has 0 aliphatic rings. The van der Waals surface area contributed by atoms with Crippen LogP contribution >= 0.6 is 11.6 Å². The van der Waals surface area contributed by atoms with Gasteiger partial charge in [-0.2, -0.15) is 0 Å². The lowest BCUT2D eigenvalue weighted by Crippen LogP contribution is -2.26. The summed E-state index contributed by atoms with van der Waals surface area (Å²) in [6, 6.07) is 4.37. The van der Waals surface area contributed by atoms with Crippen molar-refractivity contribution in [3.05, 3.63) is 47.0 Å². The van der Waals surface area contributed by atoms with Crippen LogP contribution in [0.3, 0.4) is 0 Å². The molecule has 0 fully saturated rings. The standard InChI is InChI=1S/C12H12ClN3O2/c1-16(7-11-14-4-5-15-11)12(18)8-2-3-10(17)9(13)6-8/h2-6,17H,7H2,1H3,(H,14,15). The van der Waals surface area contributed by atoms with Crippen LogP contribution in [0.15, 0.2) is 30.6 Å². The SMILES string of the molecule is CN(Cc1ncc[nH]1)C(=O)c1ccc(O)c(Cl)c1. The van der Waals surface area contributed by atoms with E-state index in [0.717, 1.165) is 0 Å². The van der Waals surface area contributed by atoms with E-state index < -0.39 is 0 Å². The molecule has 0 unspecified atom stereocenters. The summed E-state index contributed by atoms with van der Waals surface area (Å²) in [6.07, 6.45) is 3.33. The first-order valence-electron chi connectivity index (χ1n) is 5.30. The van der Waals surface area contributed by atoms with Crippen LogP contribution in [0.4, 0.5) is 0 Å². The Bertz CT molecular complexity index is 554. The molecule has 6 heteroatoms. The fourth-order valence-corrected chi connectivity index (χ4v) is 1.72. The summed E-state index contributed by atoms with van der Waals surface area (Å²) in [4.78, 5) is 20.6. The van der Waals surface area contributed by atoms with Gasteiger partial charge in [-0.15, -0.1) is 0 Å². The van der Waals surface area contributed by atoms with Gasteiger partial charge in [-0.1, -0.05) is 11.6 Å². The number of imidazole rings is 1. The number of carbonyl (C=O) groups is 1. The minimum Gasteiger partial charge on any atom is -0.506 e. The molecular weight excluding hydrogens is 254 g/mol. The second kappa shape index (κ2) is 5.10. The quantitative estimate of drug-likeness (QED) is 0.892. The van der Waals surface area contributed by atoms with Crippen molar-refractivity contribution < 1.29 is 9.90 Å². The van der Waals surface area contributed by atoms with E-state index in [4.69, 9.17) is 11.6 Å². The molecule has 1 aromatic heterocycles. The van der Waals surface area contributed by atoms with Crippen molar-refractivity contribution in [2.24, 2.45) is 0 Å². The minimum absolute atomic E-state index is 0.0399. The first kappa shape index (κ1) is 12.4. The molecule has 2 rings (SSSR count). The predicted octanol–water partition coefficient (Wildman–Crippen LogP) is 2.04. The summed E-state index contributed by atoms with van der Waals surface area (Å²) >= 11 is 5.77. The van der Waals surface area contributed by atoms with Gasteiger partial charge in [0.1, 0.15) is 11.6 Å². The number of nitrogens with zero attached hydrogens (tertiary/aromatic N) is 2. The Morgan fingerprint density at radius 1 is 1.56 bits per heavy atom. The number of aromatic hydroxyl groups is 1. The lowest BCUT2D eigenvalue weighted by Gasteiger charge is -2.16. The van der Waals surface area contributed by atoms with E-state index >= 15 is 0 Å². The maximum absolute atomic E-state index is 12.1. The number of benzene rings is 1. The summed E-state index contributed by atoms with van der Waals surface area (Å²) in [6.45, 7) is 0.379. The van der Waals surface area contributed by atoms with Gasteiger partial charge in [-0.05, 0) is 18.2 Å². The number of aromatic nitrogens is 2. The van der Waals surface area contributed by atoms with Crippen molar-refractivity contribution in [3.63, 3.8) is 0 Å². The molecule has 0 aliphatic carbocycles. The summed E-state index contributed by atoms with van der Waals surface area (Å²) in [7, 11) is 1.67. The van der Waals surface area contributed by atoms with Gasteiger partial charge in [-0.3, -0.25) is 4.79 Å². The zero-order valence-corrected chi connectivity index (χ0v) is 10.5. The molecule has 1 heterocycles. The maximum Gasteiger partial charge on any atom is 0.254 e. The second-order valence-electron chi connectivity index (χ2n) is 3.86. The summed E-state index contributed by atoms with van der Waals surface area (Å²) in [5.41, 5.74) is 0.423. The van der Waals surface area contributed by atoms with Crippen LogP contribution in [0.25, 0.3) is 0 Å². The highest BCUT2D eigenvalue weighted by Gasteiger charge is 2.14. The Balaban J connectivity index is 2.12. The number of aromatic amines is 1. The monoisotopic (exact) mass is 265 g/mol. The third-order valence-corrected chi connectivity index (χ3v) is 2.79. The number of rotatable bonds is 3. The summed E-state index contributed by atoms with van der Waals surface area (Å²) in [5, 5.41) is 9.46. The molecule has 5 nitrogen and oxygen atoms in total. The second-order valence-corrected chi connectivity index (χ2v) is 4.27. The Labute approximate surface area is 109 Å². The molecule has 0 spiro atoms. The van der Waals surface area contributed by atoms with Gasteiger partial charge in [0.25, 0.3) is 5.91 Å². The number of amides is 1. The van der Waals surface area contributed by atoms with E-state index in [1.807, 2.05) is 0 Å². The number of carbonyl (C=O) groups excluding carboxylic acids is 1. The highest BCUT2D eigenvalue weighted by molar-refractivity contribution is 6.32. The van der Waals surface area contributed by atoms with Crippen molar-refractivity contribution >= 4 is 17.5 Å².